The Balaban J connectivity index is 2.12. The van der Waals surface area contributed by atoms with Gasteiger partial charge < -0.3 is 4.18 Å². The Kier molecular flexibility index (Phi) is 4.80. The summed E-state index contributed by atoms with van der Waals surface area (Å²) < 4.78 is 42.6. The van der Waals surface area contributed by atoms with Crippen LogP contribution in [0.5, 0.6) is 0 Å². The molecular formula is C16H12F3N3O2S2. The molecule has 0 saturated carbocycles. The highest BCUT2D eigenvalue weighted by molar-refractivity contribution is 7.75. The summed E-state index contributed by atoms with van der Waals surface area (Å²) in [5.41, 5.74) is 1.91. The van der Waals surface area contributed by atoms with Gasteiger partial charge in [0.05, 0.1) is 11.2 Å². The van der Waals surface area contributed by atoms with Crippen LogP contribution in [-0.2, 0) is 10.4 Å². The third kappa shape index (κ3) is 3.47. The maximum Gasteiger partial charge on any atom is 0.434 e. The van der Waals surface area contributed by atoms with E-state index in [2.05, 4.69) is 32.4 Å². The lowest BCUT2D eigenvalue weighted by molar-refractivity contribution is -0.140. The number of rotatable bonds is 2. The van der Waals surface area contributed by atoms with Crippen molar-refractivity contribution in [3.8, 4) is 10.7 Å². The number of pyridine rings is 1. The standard InChI is InChI=1S/C16H12F3N3O2S2/c1-7-5-11(14-22-12(6-26-14)16(17,18)19)20-13-8(2)10(4-3-9(7)13)21-15(23)24-25/h3-6,25H,1-2H3,(H,21,23). The maximum atomic E-state index is 12.8. The monoisotopic (exact) mass is 399 g/mol. The second kappa shape index (κ2) is 6.76. The van der Waals surface area contributed by atoms with E-state index in [4.69, 9.17) is 0 Å². The molecule has 10 heteroatoms. The minimum atomic E-state index is -4.50. The van der Waals surface area contributed by atoms with Crippen LogP contribution in [0.3, 0.4) is 0 Å². The van der Waals surface area contributed by atoms with Crippen LogP contribution in [0.4, 0.5) is 23.7 Å². The summed E-state index contributed by atoms with van der Waals surface area (Å²) in [4.78, 5) is 19.5. The first-order chi connectivity index (χ1) is 12.2. The Morgan fingerprint density at radius 2 is 2.00 bits per heavy atom. The molecule has 2 heterocycles. The molecule has 0 fully saturated rings. The number of alkyl halides is 3. The summed E-state index contributed by atoms with van der Waals surface area (Å²) in [6.07, 6.45) is -5.25. The molecule has 0 atom stereocenters. The van der Waals surface area contributed by atoms with Crippen LogP contribution in [0.1, 0.15) is 16.8 Å². The normalized spacial score (nSPS) is 11.6. The van der Waals surface area contributed by atoms with E-state index in [1.54, 1.807) is 25.1 Å². The van der Waals surface area contributed by atoms with Crippen molar-refractivity contribution in [1.29, 1.82) is 0 Å². The second-order valence-electron chi connectivity index (χ2n) is 5.50. The van der Waals surface area contributed by atoms with Crippen molar-refractivity contribution in [3.05, 3.63) is 40.4 Å². The highest BCUT2D eigenvalue weighted by Crippen LogP contribution is 2.35. The number of aryl methyl sites for hydroxylation is 2. The SMILES string of the molecule is Cc1cc(-c2nc(C(F)(F)F)cs2)nc2c(C)c(NC(=O)OS)ccc12. The van der Waals surface area contributed by atoms with Crippen LogP contribution in [0.15, 0.2) is 23.6 Å². The summed E-state index contributed by atoms with van der Waals surface area (Å²) in [6, 6.07) is 5.16. The highest BCUT2D eigenvalue weighted by Gasteiger charge is 2.34. The molecule has 1 aromatic carbocycles. The zero-order valence-corrected chi connectivity index (χ0v) is 15.2. The molecular weight excluding hydrogens is 387 g/mol. The van der Waals surface area contributed by atoms with E-state index in [1.165, 1.54) is 0 Å². The van der Waals surface area contributed by atoms with Crippen molar-refractivity contribution in [2.45, 2.75) is 20.0 Å². The van der Waals surface area contributed by atoms with Crippen LogP contribution in [0, 0.1) is 13.8 Å². The second-order valence-corrected chi connectivity index (χ2v) is 6.54. The number of benzene rings is 1. The number of hydrogen-bond donors (Lipinski definition) is 2. The highest BCUT2D eigenvalue weighted by atomic mass is 32.1. The number of carbonyl (C=O) groups is 1. The van der Waals surface area contributed by atoms with Gasteiger partial charge in [0, 0.05) is 29.4 Å². The zero-order valence-electron chi connectivity index (χ0n) is 13.5. The van der Waals surface area contributed by atoms with Gasteiger partial charge in [-0.25, -0.2) is 14.8 Å². The van der Waals surface area contributed by atoms with Gasteiger partial charge in [0.15, 0.2) is 5.69 Å². The quantitative estimate of drug-likeness (QED) is 0.448. The molecule has 1 N–H and O–H groups in total. The zero-order chi connectivity index (χ0) is 19.1. The fraction of sp³-hybridized carbons (Fsp3) is 0.188. The Labute approximate surface area is 155 Å². The first-order valence-corrected chi connectivity index (χ1v) is 8.51. The number of nitrogens with one attached hydrogen (secondary N) is 1. The van der Waals surface area contributed by atoms with Crippen molar-refractivity contribution < 1.29 is 22.1 Å². The van der Waals surface area contributed by atoms with Crippen molar-refractivity contribution in [3.63, 3.8) is 0 Å². The third-order valence-electron chi connectivity index (χ3n) is 3.77. The molecule has 1 amide bonds. The van der Waals surface area contributed by atoms with Crippen LogP contribution >= 0.6 is 24.2 Å². The molecule has 2 aromatic heterocycles. The Morgan fingerprint density at radius 3 is 2.62 bits per heavy atom. The van der Waals surface area contributed by atoms with Crippen LogP contribution in [-0.4, -0.2) is 16.1 Å². The minimum absolute atomic E-state index is 0.176. The van der Waals surface area contributed by atoms with Crippen molar-refractivity contribution in [2.75, 3.05) is 5.32 Å². The summed E-state index contributed by atoms with van der Waals surface area (Å²) in [7, 11) is 0. The fourth-order valence-corrected chi connectivity index (χ4v) is 3.33. The van der Waals surface area contributed by atoms with E-state index in [9.17, 15) is 18.0 Å². The Hall–Kier alpha value is -2.33. The van der Waals surface area contributed by atoms with Crippen molar-refractivity contribution in [2.24, 2.45) is 0 Å². The number of amides is 1. The molecule has 0 unspecified atom stereocenters. The van der Waals surface area contributed by atoms with E-state index in [0.29, 0.717) is 22.5 Å². The number of hydrogen-bond acceptors (Lipinski definition) is 6. The fourth-order valence-electron chi connectivity index (χ4n) is 2.50. The van der Waals surface area contributed by atoms with E-state index in [-0.39, 0.29) is 5.01 Å². The maximum absolute atomic E-state index is 12.8. The lowest BCUT2D eigenvalue weighted by atomic mass is 10.0. The number of halogens is 3. The predicted molar refractivity (Wildman–Crippen MR) is 96.4 cm³/mol. The summed E-state index contributed by atoms with van der Waals surface area (Å²) in [5.74, 6) is 0. The van der Waals surface area contributed by atoms with E-state index < -0.39 is 18.0 Å². The first-order valence-electron chi connectivity index (χ1n) is 7.27. The molecule has 5 nitrogen and oxygen atoms in total. The van der Waals surface area contributed by atoms with Gasteiger partial charge in [-0.2, -0.15) is 13.2 Å². The molecule has 0 aliphatic rings. The smallest absolute Gasteiger partial charge is 0.378 e. The Morgan fingerprint density at radius 1 is 1.27 bits per heavy atom. The molecule has 136 valence electrons. The summed E-state index contributed by atoms with van der Waals surface area (Å²) in [6.45, 7) is 3.58. The average Bonchev–Trinajstić information content (AvgIpc) is 3.08. The molecule has 26 heavy (non-hydrogen) atoms. The van der Waals surface area contributed by atoms with E-state index >= 15 is 0 Å². The van der Waals surface area contributed by atoms with Crippen LogP contribution < -0.4 is 5.32 Å². The number of fused-ring (bicyclic) bond motifs is 1. The predicted octanol–water partition coefficient (Wildman–Crippen LogP) is 5.39. The molecule has 3 rings (SSSR count). The first kappa shape index (κ1) is 18.5. The van der Waals surface area contributed by atoms with Gasteiger partial charge in [-0.3, -0.25) is 5.32 Å². The lowest BCUT2D eigenvalue weighted by Crippen LogP contribution is -2.10. The summed E-state index contributed by atoms with van der Waals surface area (Å²) >= 11 is 4.31. The number of carbonyl (C=O) groups excluding carboxylic acids is 1. The van der Waals surface area contributed by atoms with Gasteiger partial charge in [0.1, 0.15) is 5.01 Å². The van der Waals surface area contributed by atoms with Crippen molar-refractivity contribution >= 4 is 46.9 Å². The van der Waals surface area contributed by atoms with E-state index in [1.807, 2.05) is 6.92 Å². The molecule has 0 aliphatic carbocycles. The minimum Gasteiger partial charge on any atom is -0.378 e. The number of thiazole rings is 1. The lowest BCUT2D eigenvalue weighted by Gasteiger charge is -2.12. The van der Waals surface area contributed by atoms with Gasteiger partial charge in [-0.05, 0) is 37.1 Å². The summed E-state index contributed by atoms with van der Waals surface area (Å²) in [5, 5.41) is 4.48. The van der Waals surface area contributed by atoms with E-state index in [0.717, 1.165) is 27.7 Å². The van der Waals surface area contributed by atoms with Gasteiger partial charge in [-0.15, -0.1) is 11.3 Å². The number of aromatic nitrogens is 2. The average molecular weight is 399 g/mol. The molecule has 0 radical (unpaired) electrons. The van der Waals surface area contributed by atoms with Gasteiger partial charge in [0.25, 0.3) is 0 Å². The largest absolute Gasteiger partial charge is 0.434 e. The number of nitrogens with zero attached hydrogens (tertiary/aromatic N) is 2. The van der Waals surface area contributed by atoms with Gasteiger partial charge in [0.2, 0.25) is 0 Å². The van der Waals surface area contributed by atoms with Crippen LogP contribution in [0.2, 0.25) is 0 Å². The third-order valence-corrected chi connectivity index (χ3v) is 4.81. The topological polar surface area (TPSA) is 64.1 Å². The Bertz CT molecular complexity index is 1000. The number of thiol groups is 1. The molecule has 0 spiro atoms. The molecule has 0 saturated heterocycles. The number of anilines is 1. The van der Waals surface area contributed by atoms with Gasteiger partial charge in [-0.1, -0.05) is 6.07 Å². The molecule has 3 aromatic rings. The van der Waals surface area contributed by atoms with Crippen molar-refractivity contribution in [1.82, 2.24) is 9.97 Å². The molecule has 0 aliphatic heterocycles. The molecule has 0 bridgehead atoms. The van der Waals surface area contributed by atoms with Crippen LogP contribution in [0.25, 0.3) is 21.6 Å². The van der Waals surface area contributed by atoms with Gasteiger partial charge >= 0.3 is 12.3 Å².